The molecule has 0 aromatic heterocycles. The van der Waals surface area contributed by atoms with E-state index in [0.717, 1.165) is 25.9 Å². The Morgan fingerprint density at radius 3 is 2.38 bits per heavy atom. The number of rotatable bonds is 3. The molecule has 1 saturated heterocycles. The van der Waals surface area contributed by atoms with E-state index >= 15 is 0 Å². The summed E-state index contributed by atoms with van der Waals surface area (Å²) in [5.41, 5.74) is 0. The molecular weight excluding hydrogens is 206 g/mol. The second-order valence-corrected chi connectivity index (χ2v) is 4.56. The summed E-state index contributed by atoms with van der Waals surface area (Å²) in [6.45, 7) is 5.57. The van der Waals surface area contributed by atoms with Crippen LogP contribution in [0.1, 0.15) is 26.7 Å². The van der Waals surface area contributed by atoms with Gasteiger partial charge in [0.15, 0.2) is 0 Å². The zero-order chi connectivity index (χ0) is 12.1. The maximum Gasteiger partial charge on any atom is 0.320 e. The lowest BCUT2D eigenvalue weighted by Gasteiger charge is -2.24. The van der Waals surface area contributed by atoms with Crippen molar-refractivity contribution in [1.82, 2.24) is 15.1 Å². The minimum absolute atomic E-state index is 0.0450. The summed E-state index contributed by atoms with van der Waals surface area (Å²) in [6, 6.07) is 0.0687. The van der Waals surface area contributed by atoms with Crippen LogP contribution in [0.2, 0.25) is 0 Å². The van der Waals surface area contributed by atoms with Gasteiger partial charge in [0.2, 0.25) is 5.91 Å². The maximum absolute atomic E-state index is 11.8. The van der Waals surface area contributed by atoms with E-state index in [1.807, 2.05) is 13.8 Å². The first kappa shape index (κ1) is 12.8. The molecule has 5 nitrogen and oxygen atoms in total. The topological polar surface area (TPSA) is 52.7 Å². The summed E-state index contributed by atoms with van der Waals surface area (Å²) in [6.07, 6.45) is 2.13. The Bertz CT molecular complexity index is 260. The van der Waals surface area contributed by atoms with E-state index < -0.39 is 0 Å². The van der Waals surface area contributed by atoms with Crippen molar-refractivity contribution >= 4 is 11.9 Å². The van der Waals surface area contributed by atoms with Crippen LogP contribution >= 0.6 is 0 Å². The van der Waals surface area contributed by atoms with E-state index in [1.54, 1.807) is 11.9 Å². The van der Waals surface area contributed by atoms with Crippen molar-refractivity contribution in [3.8, 4) is 0 Å². The van der Waals surface area contributed by atoms with Gasteiger partial charge >= 0.3 is 6.03 Å². The van der Waals surface area contributed by atoms with Gasteiger partial charge in [-0.3, -0.25) is 4.79 Å². The van der Waals surface area contributed by atoms with Gasteiger partial charge in [-0.2, -0.15) is 0 Å². The van der Waals surface area contributed by atoms with Gasteiger partial charge < -0.3 is 15.1 Å². The molecule has 0 saturated carbocycles. The highest BCUT2D eigenvalue weighted by Crippen LogP contribution is 2.09. The molecule has 0 spiro atoms. The molecule has 1 aliphatic rings. The van der Waals surface area contributed by atoms with Gasteiger partial charge in [0.05, 0.1) is 0 Å². The zero-order valence-electron chi connectivity index (χ0n) is 10.3. The minimum Gasteiger partial charge on any atom is -0.352 e. The van der Waals surface area contributed by atoms with Gasteiger partial charge in [-0.15, -0.1) is 0 Å². The van der Waals surface area contributed by atoms with Crippen molar-refractivity contribution < 1.29 is 9.59 Å². The fraction of sp³-hybridized carbons (Fsp3) is 0.818. The van der Waals surface area contributed by atoms with Gasteiger partial charge in [0, 0.05) is 26.2 Å². The lowest BCUT2D eigenvalue weighted by atomic mass is 10.4. The van der Waals surface area contributed by atoms with E-state index in [-0.39, 0.29) is 24.5 Å². The normalized spacial score (nSPS) is 15.4. The number of likely N-dealkylation sites (N-methyl/N-ethyl adjacent to an activating group) is 1. The summed E-state index contributed by atoms with van der Waals surface area (Å²) in [5, 5.41) is 2.77. The van der Waals surface area contributed by atoms with Crippen LogP contribution < -0.4 is 5.32 Å². The Hall–Kier alpha value is -1.26. The summed E-state index contributed by atoms with van der Waals surface area (Å²) in [7, 11) is 1.67. The highest BCUT2D eigenvalue weighted by atomic mass is 16.2. The number of hydrogen-bond donors (Lipinski definition) is 1. The largest absolute Gasteiger partial charge is 0.352 e. The van der Waals surface area contributed by atoms with Crippen molar-refractivity contribution in [2.45, 2.75) is 32.7 Å². The van der Waals surface area contributed by atoms with Crippen LogP contribution in [0.5, 0.6) is 0 Å². The molecule has 1 fully saturated rings. The number of hydrogen-bond acceptors (Lipinski definition) is 2. The summed E-state index contributed by atoms with van der Waals surface area (Å²) >= 11 is 0. The molecule has 0 unspecified atom stereocenters. The van der Waals surface area contributed by atoms with Crippen molar-refractivity contribution in [3.05, 3.63) is 0 Å². The molecular formula is C11H21N3O2. The van der Waals surface area contributed by atoms with Crippen LogP contribution in [-0.4, -0.2) is 54.5 Å². The Morgan fingerprint density at radius 1 is 1.31 bits per heavy atom. The molecule has 1 aliphatic heterocycles. The second-order valence-electron chi connectivity index (χ2n) is 4.56. The Kier molecular flexibility index (Phi) is 4.58. The number of amides is 3. The molecule has 0 aromatic carbocycles. The minimum atomic E-state index is -0.106. The third kappa shape index (κ3) is 3.72. The highest BCUT2D eigenvalue weighted by molar-refractivity contribution is 5.84. The van der Waals surface area contributed by atoms with Crippen LogP contribution in [0, 0.1) is 0 Å². The SMILES string of the molecule is CC(C)NC(=O)CN(C)C(=O)N1CCCC1. The number of nitrogens with one attached hydrogen (secondary N) is 1. The first-order chi connectivity index (χ1) is 7.50. The molecule has 16 heavy (non-hydrogen) atoms. The molecule has 0 aromatic rings. The molecule has 92 valence electrons. The van der Waals surface area contributed by atoms with E-state index in [9.17, 15) is 9.59 Å². The number of carbonyl (C=O) groups excluding carboxylic acids is 2. The van der Waals surface area contributed by atoms with Gasteiger partial charge in [0.25, 0.3) is 0 Å². The molecule has 1 heterocycles. The lowest BCUT2D eigenvalue weighted by Crippen LogP contribution is -2.45. The fourth-order valence-corrected chi connectivity index (χ4v) is 1.80. The monoisotopic (exact) mass is 227 g/mol. The second kappa shape index (κ2) is 5.72. The molecule has 0 aliphatic carbocycles. The lowest BCUT2D eigenvalue weighted by molar-refractivity contribution is -0.122. The standard InChI is InChI=1S/C11H21N3O2/c1-9(2)12-10(15)8-13(3)11(16)14-6-4-5-7-14/h9H,4-8H2,1-3H3,(H,12,15). The summed E-state index contributed by atoms with van der Waals surface area (Å²) in [4.78, 5) is 26.6. The Balaban J connectivity index is 2.35. The predicted molar refractivity (Wildman–Crippen MR) is 62.1 cm³/mol. The van der Waals surface area contributed by atoms with Crippen molar-refractivity contribution in [2.75, 3.05) is 26.7 Å². The average molecular weight is 227 g/mol. The average Bonchev–Trinajstić information content (AvgIpc) is 2.67. The van der Waals surface area contributed by atoms with Crippen molar-refractivity contribution in [1.29, 1.82) is 0 Å². The molecule has 0 bridgehead atoms. The predicted octanol–water partition coefficient (Wildman–Crippen LogP) is 0.659. The molecule has 3 amide bonds. The molecule has 0 radical (unpaired) electrons. The third-order valence-electron chi connectivity index (χ3n) is 2.53. The summed E-state index contributed by atoms with van der Waals surface area (Å²) in [5.74, 6) is -0.106. The van der Waals surface area contributed by atoms with Gasteiger partial charge in [-0.25, -0.2) is 4.79 Å². The number of likely N-dealkylation sites (tertiary alicyclic amines) is 1. The van der Waals surface area contributed by atoms with Crippen molar-refractivity contribution in [2.24, 2.45) is 0 Å². The maximum atomic E-state index is 11.8. The van der Waals surface area contributed by atoms with Gasteiger partial charge in [0.1, 0.15) is 6.54 Å². The fourth-order valence-electron chi connectivity index (χ4n) is 1.80. The first-order valence-corrected chi connectivity index (χ1v) is 5.80. The Labute approximate surface area is 96.8 Å². The van der Waals surface area contributed by atoms with E-state index in [1.165, 1.54) is 4.90 Å². The van der Waals surface area contributed by atoms with Crippen LogP contribution in [0.15, 0.2) is 0 Å². The van der Waals surface area contributed by atoms with E-state index in [4.69, 9.17) is 0 Å². The first-order valence-electron chi connectivity index (χ1n) is 5.80. The smallest absolute Gasteiger partial charge is 0.320 e. The quantitative estimate of drug-likeness (QED) is 0.770. The number of carbonyl (C=O) groups is 2. The van der Waals surface area contributed by atoms with Gasteiger partial charge in [-0.05, 0) is 26.7 Å². The van der Waals surface area contributed by atoms with Crippen LogP contribution in [-0.2, 0) is 4.79 Å². The number of urea groups is 1. The third-order valence-corrected chi connectivity index (χ3v) is 2.53. The highest BCUT2D eigenvalue weighted by Gasteiger charge is 2.22. The van der Waals surface area contributed by atoms with E-state index in [2.05, 4.69) is 5.32 Å². The summed E-state index contributed by atoms with van der Waals surface area (Å²) < 4.78 is 0. The molecule has 0 atom stereocenters. The van der Waals surface area contributed by atoms with Crippen LogP contribution in [0.25, 0.3) is 0 Å². The van der Waals surface area contributed by atoms with E-state index in [0.29, 0.717) is 0 Å². The molecule has 5 heteroatoms. The molecule has 1 N–H and O–H groups in total. The molecule has 1 rings (SSSR count). The van der Waals surface area contributed by atoms with Crippen molar-refractivity contribution in [3.63, 3.8) is 0 Å². The Morgan fingerprint density at radius 2 is 1.88 bits per heavy atom. The zero-order valence-corrected chi connectivity index (χ0v) is 10.3. The van der Waals surface area contributed by atoms with Crippen LogP contribution in [0.3, 0.4) is 0 Å². The van der Waals surface area contributed by atoms with Gasteiger partial charge in [-0.1, -0.05) is 0 Å². The number of nitrogens with zero attached hydrogens (tertiary/aromatic N) is 2. The van der Waals surface area contributed by atoms with Crippen LogP contribution in [0.4, 0.5) is 4.79 Å².